The van der Waals surface area contributed by atoms with Gasteiger partial charge in [0.15, 0.2) is 0 Å². The van der Waals surface area contributed by atoms with E-state index in [-0.39, 0.29) is 5.56 Å². The number of hydrogen-bond donors (Lipinski definition) is 1. The van der Waals surface area contributed by atoms with Gasteiger partial charge in [0.1, 0.15) is 12.1 Å². The van der Waals surface area contributed by atoms with Gasteiger partial charge in [0.25, 0.3) is 5.56 Å². The Morgan fingerprint density at radius 2 is 1.95 bits per heavy atom. The third kappa shape index (κ3) is 2.13. The van der Waals surface area contributed by atoms with Crippen LogP contribution in [0.3, 0.4) is 0 Å². The van der Waals surface area contributed by atoms with E-state index >= 15 is 0 Å². The SMILES string of the molecule is O=c1[nH]cc2cncnc2c1-c1ccc(N2CCCC2)nc1. The predicted molar refractivity (Wildman–Crippen MR) is 84.8 cm³/mol. The number of nitrogens with one attached hydrogen (secondary N) is 1. The normalized spacial score (nSPS) is 14.6. The number of hydrogen-bond acceptors (Lipinski definition) is 5. The maximum absolute atomic E-state index is 12.2. The van der Waals surface area contributed by atoms with E-state index in [9.17, 15) is 4.79 Å². The van der Waals surface area contributed by atoms with E-state index in [0.717, 1.165) is 29.9 Å². The van der Waals surface area contributed by atoms with Crippen molar-refractivity contribution in [3.63, 3.8) is 0 Å². The van der Waals surface area contributed by atoms with Crippen molar-refractivity contribution in [2.24, 2.45) is 0 Å². The summed E-state index contributed by atoms with van der Waals surface area (Å²) in [5.74, 6) is 0.965. The van der Waals surface area contributed by atoms with Crippen LogP contribution in [-0.2, 0) is 0 Å². The highest BCUT2D eigenvalue weighted by molar-refractivity contribution is 5.91. The summed E-state index contributed by atoms with van der Waals surface area (Å²) in [5, 5.41) is 0.806. The topological polar surface area (TPSA) is 74.8 Å². The molecule has 1 fully saturated rings. The Balaban J connectivity index is 1.81. The van der Waals surface area contributed by atoms with Crippen molar-refractivity contribution in [2.75, 3.05) is 18.0 Å². The molecule has 1 saturated heterocycles. The minimum absolute atomic E-state index is 0.165. The van der Waals surface area contributed by atoms with Crippen LogP contribution < -0.4 is 10.5 Å². The largest absolute Gasteiger partial charge is 0.357 e. The molecule has 0 aliphatic carbocycles. The summed E-state index contributed by atoms with van der Waals surface area (Å²) in [6.07, 6.45) is 8.95. The monoisotopic (exact) mass is 293 g/mol. The van der Waals surface area contributed by atoms with Gasteiger partial charge in [0.2, 0.25) is 0 Å². The van der Waals surface area contributed by atoms with Gasteiger partial charge in [0, 0.05) is 42.6 Å². The van der Waals surface area contributed by atoms with Crippen LogP contribution in [0.5, 0.6) is 0 Å². The van der Waals surface area contributed by atoms with Crippen LogP contribution in [0.25, 0.3) is 22.0 Å². The molecule has 0 radical (unpaired) electrons. The van der Waals surface area contributed by atoms with Gasteiger partial charge in [-0.25, -0.2) is 15.0 Å². The molecular formula is C16H15N5O. The highest BCUT2D eigenvalue weighted by atomic mass is 16.1. The molecule has 0 amide bonds. The molecule has 0 atom stereocenters. The lowest BCUT2D eigenvalue weighted by Crippen LogP contribution is -2.18. The van der Waals surface area contributed by atoms with Crippen molar-refractivity contribution in [1.29, 1.82) is 0 Å². The third-order valence-corrected chi connectivity index (χ3v) is 4.03. The summed E-state index contributed by atoms with van der Waals surface area (Å²) in [4.78, 5) is 30.0. The second kappa shape index (κ2) is 5.22. The second-order valence-electron chi connectivity index (χ2n) is 5.42. The molecule has 3 aromatic rings. The Morgan fingerprint density at radius 1 is 1.09 bits per heavy atom. The zero-order valence-electron chi connectivity index (χ0n) is 12.0. The van der Waals surface area contributed by atoms with Crippen molar-refractivity contribution in [3.8, 4) is 11.1 Å². The minimum Gasteiger partial charge on any atom is -0.357 e. The fraction of sp³-hybridized carbons (Fsp3) is 0.250. The number of nitrogens with zero attached hydrogens (tertiary/aromatic N) is 4. The molecule has 0 saturated carbocycles. The molecule has 4 rings (SSSR count). The molecule has 1 N–H and O–H groups in total. The third-order valence-electron chi connectivity index (χ3n) is 4.03. The van der Waals surface area contributed by atoms with Crippen molar-refractivity contribution in [2.45, 2.75) is 12.8 Å². The summed E-state index contributed by atoms with van der Waals surface area (Å²) in [6.45, 7) is 2.10. The maximum Gasteiger partial charge on any atom is 0.258 e. The van der Waals surface area contributed by atoms with Gasteiger partial charge in [-0.1, -0.05) is 0 Å². The zero-order chi connectivity index (χ0) is 14.9. The Hall–Kier alpha value is -2.76. The quantitative estimate of drug-likeness (QED) is 0.782. The Morgan fingerprint density at radius 3 is 2.73 bits per heavy atom. The van der Waals surface area contributed by atoms with Gasteiger partial charge in [-0.05, 0) is 25.0 Å². The smallest absolute Gasteiger partial charge is 0.258 e. The van der Waals surface area contributed by atoms with Crippen LogP contribution in [0.1, 0.15) is 12.8 Å². The van der Waals surface area contributed by atoms with Gasteiger partial charge in [-0.2, -0.15) is 0 Å². The van der Waals surface area contributed by atoms with Crippen molar-refractivity contribution >= 4 is 16.7 Å². The van der Waals surface area contributed by atoms with E-state index in [1.807, 2.05) is 12.1 Å². The van der Waals surface area contributed by atoms with E-state index in [0.29, 0.717) is 11.1 Å². The standard InChI is InChI=1S/C16H15N5O/c22-16-14(15-12(9-19-16)7-17-10-20-15)11-3-4-13(18-8-11)21-5-1-2-6-21/h3-4,7-10H,1-2,5-6H2,(H,19,22). The van der Waals surface area contributed by atoms with Gasteiger partial charge in [0.05, 0.1) is 11.1 Å². The Kier molecular flexibility index (Phi) is 3.07. The molecular weight excluding hydrogens is 278 g/mol. The molecule has 6 heteroatoms. The fourth-order valence-corrected chi connectivity index (χ4v) is 2.91. The lowest BCUT2D eigenvalue weighted by molar-refractivity contribution is 0.938. The molecule has 6 nitrogen and oxygen atoms in total. The van der Waals surface area contributed by atoms with E-state index < -0.39 is 0 Å². The first-order chi connectivity index (χ1) is 10.8. The van der Waals surface area contributed by atoms with Gasteiger partial charge < -0.3 is 9.88 Å². The van der Waals surface area contributed by atoms with Crippen molar-refractivity contribution in [3.05, 3.63) is 47.4 Å². The van der Waals surface area contributed by atoms with Crippen LogP contribution in [0.4, 0.5) is 5.82 Å². The number of aromatic nitrogens is 4. The molecule has 0 aromatic carbocycles. The highest BCUT2D eigenvalue weighted by Gasteiger charge is 2.15. The van der Waals surface area contributed by atoms with E-state index in [4.69, 9.17) is 0 Å². The number of rotatable bonds is 2. The Bertz CT molecular complexity index is 866. The number of pyridine rings is 2. The van der Waals surface area contributed by atoms with Crippen LogP contribution >= 0.6 is 0 Å². The van der Waals surface area contributed by atoms with Gasteiger partial charge in [-0.15, -0.1) is 0 Å². The molecule has 0 bridgehead atoms. The lowest BCUT2D eigenvalue weighted by atomic mass is 10.1. The first kappa shape index (κ1) is 12.9. The van der Waals surface area contributed by atoms with Crippen LogP contribution in [0, 0.1) is 0 Å². The summed E-state index contributed by atoms with van der Waals surface area (Å²) in [6, 6.07) is 3.91. The lowest BCUT2D eigenvalue weighted by Gasteiger charge is -2.16. The summed E-state index contributed by atoms with van der Waals surface area (Å²) < 4.78 is 0. The minimum atomic E-state index is -0.165. The first-order valence-corrected chi connectivity index (χ1v) is 7.36. The fourth-order valence-electron chi connectivity index (χ4n) is 2.91. The highest BCUT2D eigenvalue weighted by Crippen LogP contribution is 2.24. The van der Waals surface area contributed by atoms with E-state index in [1.165, 1.54) is 19.2 Å². The van der Waals surface area contributed by atoms with Crippen LogP contribution in [0.2, 0.25) is 0 Å². The molecule has 1 aliphatic rings. The first-order valence-electron chi connectivity index (χ1n) is 7.36. The van der Waals surface area contributed by atoms with Crippen molar-refractivity contribution in [1.82, 2.24) is 19.9 Å². The zero-order valence-corrected chi connectivity index (χ0v) is 12.0. The predicted octanol–water partition coefficient (Wildman–Crippen LogP) is 1.98. The van der Waals surface area contributed by atoms with E-state index in [2.05, 4.69) is 24.8 Å². The summed E-state index contributed by atoms with van der Waals surface area (Å²) >= 11 is 0. The molecule has 0 unspecified atom stereocenters. The van der Waals surface area contributed by atoms with Crippen LogP contribution in [-0.4, -0.2) is 33.0 Å². The molecule has 1 aliphatic heterocycles. The van der Waals surface area contributed by atoms with Crippen LogP contribution in [0.15, 0.2) is 41.8 Å². The molecule has 110 valence electrons. The van der Waals surface area contributed by atoms with Crippen molar-refractivity contribution < 1.29 is 0 Å². The molecule has 4 heterocycles. The second-order valence-corrected chi connectivity index (χ2v) is 5.42. The molecule has 3 aromatic heterocycles. The molecule has 22 heavy (non-hydrogen) atoms. The number of fused-ring (bicyclic) bond motifs is 1. The summed E-state index contributed by atoms with van der Waals surface area (Å²) in [5.41, 5.74) is 1.80. The summed E-state index contributed by atoms with van der Waals surface area (Å²) in [7, 11) is 0. The van der Waals surface area contributed by atoms with Gasteiger partial charge >= 0.3 is 0 Å². The number of H-pyrrole nitrogens is 1. The number of aromatic amines is 1. The average molecular weight is 293 g/mol. The van der Waals surface area contributed by atoms with Gasteiger partial charge in [-0.3, -0.25) is 4.79 Å². The Labute approximate surface area is 126 Å². The maximum atomic E-state index is 12.2. The average Bonchev–Trinajstić information content (AvgIpc) is 3.09. The van der Waals surface area contributed by atoms with E-state index in [1.54, 1.807) is 18.6 Å². The number of anilines is 1. The molecule has 0 spiro atoms.